The smallest absolute Gasteiger partial charge is 0.0658 e. The molecule has 2 aromatic carbocycles. The zero-order valence-corrected chi connectivity index (χ0v) is 16.7. The molecule has 0 saturated carbocycles. The highest BCUT2D eigenvalue weighted by molar-refractivity contribution is 9.10. The van der Waals surface area contributed by atoms with Crippen LogP contribution in [0, 0.1) is 0 Å². The molecule has 0 fully saturated rings. The molecule has 0 atom stereocenters. The summed E-state index contributed by atoms with van der Waals surface area (Å²) in [5, 5.41) is 3.01. The monoisotopic (exact) mass is 444 g/mol. The van der Waals surface area contributed by atoms with E-state index in [-0.39, 0.29) is 0 Å². The van der Waals surface area contributed by atoms with Crippen molar-refractivity contribution in [1.29, 1.82) is 0 Å². The molecule has 0 radical (unpaired) electrons. The molecular weight excluding hydrogens is 430 g/mol. The third kappa shape index (κ3) is 3.61. The summed E-state index contributed by atoms with van der Waals surface area (Å²) in [7, 11) is 0. The van der Waals surface area contributed by atoms with E-state index >= 15 is 0 Å². The van der Waals surface area contributed by atoms with Crippen molar-refractivity contribution in [3.63, 3.8) is 0 Å². The van der Waals surface area contributed by atoms with E-state index in [0.29, 0.717) is 21.6 Å². The van der Waals surface area contributed by atoms with Gasteiger partial charge in [0.2, 0.25) is 0 Å². The van der Waals surface area contributed by atoms with Crippen molar-refractivity contribution in [1.82, 2.24) is 4.98 Å². The zero-order chi connectivity index (χ0) is 17.3. The fraction of sp³-hybridized carbons (Fsp3) is 0.222. The van der Waals surface area contributed by atoms with Gasteiger partial charge in [0.1, 0.15) is 0 Å². The molecule has 0 saturated heterocycles. The van der Waals surface area contributed by atoms with Gasteiger partial charge in [-0.1, -0.05) is 50.7 Å². The van der Waals surface area contributed by atoms with Crippen molar-refractivity contribution in [2.24, 2.45) is 5.73 Å². The zero-order valence-electron chi connectivity index (χ0n) is 12.8. The molecule has 6 heteroatoms. The van der Waals surface area contributed by atoms with Crippen LogP contribution in [0.15, 0.2) is 34.8 Å². The topological polar surface area (TPSA) is 41.8 Å². The first kappa shape index (κ1) is 18.1. The second-order valence-corrected chi connectivity index (χ2v) is 7.83. The van der Waals surface area contributed by atoms with Gasteiger partial charge in [-0.3, -0.25) is 0 Å². The molecule has 1 heterocycles. The Hall–Kier alpha value is -0.710. The van der Waals surface area contributed by atoms with E-state index in [0.717, 1.165) is 45.9 Å². The Morgan fingerprint density at radius 2 is 1.79 bits per heavy atom. The van der Waals surface area contributed by atoms with E-state index in [1.807, 2.05) is 18.2 Å². The SMILES string of the molecule is NCCCCc1c(-c2ccc(Cl)cc2Cl)[nH]c2c(Cl)cc(Br)cc12. The van der Waals surface area contributed by atoms with E-state index in [9.17, 15) is 0 Å². The summed E-state index contributed by atoms with van der Waals surface area (Å²) in [5.74, 6) is 0. The van der Waals surface area contributed by atoms with Gasteiger partial charge >= 0.3 is 0 Å². The van der Waals surface area contributed by atoms with E-state index in [1.54, 1.807) is 6.07 Å². The molecule has 0 spiro atoms. The van der Waals surface area contributed by atoms with Gasteiger partial charge in [0.05, 0.1) is 21.3 Å². The standard InChI is InChI=1S/C18H16BrCl3N2/c19-10-7-14-12(3-1-2-6-23)17(24-18(14)16(22)8-10)13-5-4-11(20)9-15(13)21/h4-5,7-9,24H,1-3,6,23H2. The number of nitrogens with one attached hydrogen (secondary N) is 1. The lowest BCUT2D eigenvalue weighted by atomic mass is 10.0. The van der Waals surface area contributed by atoms with Crippen LogP contribution in [-0.4, -0.2) is 11.5 Å². The van der Waals surface area contributed by atoms with Crippen molar-refractivity contribution in [2.45, 2.75) is 19.3 Å². The van der Waals surface area contributed by atoms with Gasteiger partial charge in [0.25, 0.3) is 0 Å². The molecule has 2 nitrogen and oxygen atoms in total. The summed E-state index contributed by atoms with van der Waals surface area (Å²) in [4.78, 5) is 3.45. The maximum Gasteiger partial charge on any atom is 0.0658 e. The Labute approximate surface area is 164 Å². The highest BCUT2D eigenvalue weighted by Gasteiger charge is 2.17. The van der Waals surface area contributed by atoms with Crippen LogP contribution in [0.1, 0.15) is 18.4 Å². The molecule has 3 aromatic rings. The number of aromatic amines is 1. The molecule has 3 rings (SSSR count). The average Bonchev–Trinajstić information content (AvgIpc) is 2.86. The maximum atomic E-state index is 6.43. The molecule has 0 aliphatic rings. The van der Waals surface area contributed by atoms with Gasteiger partial charge in [0.15, 0.2) is 0 Å². The second kappa shape index (κ2) is 7.67. The molecule has 0 unspecified atom stereocenters. The van der Waals surface area contributed by atoms with E-state index in [4.69, 9.17) is 40.5 Å². The second-order valence-electron chi connectivity index (χ2n) is 5.66. The van der Waals surface area contributed by atoms with Crippen LogP contribution in [-0.2, 0) is 6.42 Å². The lowest BCUT2D eigenvalue weighted by molar-refractivity contribution is 0.748. The first-order valence-electron chi connectivity index (χ1n) is 7.66. The quantitative estimate of drug-likeness (QED) is 0.414. The fourth-order valence-corrected chi connectivity index (χ4v) is 4.26. The number of rotatable bonds is 5. The van der Waals surface area contributed by atoms with Gasteiger partial charge in [-0.2, -0.15) is 0 Å². The van der Waals surface area contributed by atoms with Gasteiger partial charge < -0.3 is 10.7 Å². The molecule has 3 N–H and O–H groups in total. The van der Waals surface area contributed by atoms with Crippen molar-refractivity contribution in [3.05, 3.63) is 55.4 Å². The number of benzene rings is 2. The molecule has 1 aromatic heterocycles. The molecule has 0 amide bonds. The van der Waals surface area contributed by atoms with Gasteiger partial charge in [-0.15, -0.1) is 0 Å². The lowest BCUT2D eigenvalue weighted by Crippen LogP contribution is -1.99. The minimum absolute atomic E-state index is 0.615. The lowest BCUT2D eigenvalue weighted by Gasteiger charge is -2.07. The summed E-state index contributed by atoms with van der Waals surface area (Å²) in [6.45, 7) is 0.684. The third-order valence-electron chi connectivity index (χ3n) is 4.01. The molecular formula is C18H16BrCl3N2. The summed E-state index contributed by atoms with van der Waals surface area (Å²) in [5.41, 5.74) is 9.68. The van der Waals surface area contributed by atoms with Gasteiger partial charge in [-0.25, -0.2) is 0 Å². The molecule has 0 aliphatic heterocycles. The summed E-state index contributed by atoms with van der Waals surface area (Å²) in [6, 6.07) is 9.51. The number of H-pyrrole nitrogens is 1. The maximum absolute atomic E-state index is 6.43. The van der Waals surface area contributed by atoms with Crippen LogP contribution in [0.3, 0.4) is 0 Å². The number of fused-ring (bicyclic) bond motifs is 1. The Morgan fingerprint density at radius 1 is 1.00 bits per heavy atom. The Morgan fingerprint density at radius 3 is 2.50 bits per heavy atom. The number of unbranched alkanes of at least 4 members (excludes halogenated alkanes) is 1. The minimum atomic E-state index is 0.615. The normalized spacial score (nSPS) is 11.4. The van der Waals surface area contributed by atoms with Crippen molar-refractivity contribution >= 4 is 61.6 Å². The van der Waals surface area contributed by atoms with Crippen LogP contribution in [0.5, 0.6) is 0 Å². The van der Waals surface area contributed by atoms with Crippen molar-refractivity contribution < 1.29 is 0 Å². The minimum Gasteiger partial charge on any atom is -0.353 e. The Kier molecular flexibility index (Phi) is 5.78. The molecule has 0 bridgehead atoms. The van der Waals surface area contributed by atoms with Gasteiger partial charge in [-0.05, 0) is 61.7 Å². The number of nitrogens with two attached hydrogens (primary N) is 1. The van der Waals surface area contributed by atoms with Crippen LogP contribution < -0.4 is 5.73 Å². The van der Waals surface area contributed by atoms with Crippen LogP contribution in [0.2, 0.25) is 15.1 Å². The highest BCUT2D eigenvalue weighted by Crippen LogP contribution is 2.39. The summed E-state index contributed by atoms with van der Waals surface area (Å²) >= 11 is 22.4. The number of aromatic nitrogens is 1. The highest BCUT2D eigenvalue weighted by atomic mass is 79.9. The van der Waals surface area contributed by atoms with E-state index < -0.39 is 0 Å². The predicted molar refractivity (Wildman–Crippen MR) is 108 cm³/mol. The van der Waals surface area contributed by atoms with Crippen molar-refractivity contribution in [3.8, 4) is 11.3 Å². The number of halogens is 4. The van der Waals surface area contributed by atoms with E-state index in [1.165, 1.54) is 5.56 Å². The summed E-state index contributed by atoms with van der Waals surface area (Å²) in [6.07, 6.45) is 2.88. The Balaban J connectivity index is 2.21. The first-order valence-corrected chi connectivity index (χ1v) is 9.59. The van der Waals surface area contributed by atoms with Crippen LogP contribution >= 0.6 is 50.7 Å². The largest absolute Gasteiger partial charge is 0.353 e. The Bertz CT molecular complexity index is 890. The molecule has 0 aliphatic carbocycles. The average molecular weight is 447 g/mol. The predicted octanol–water partition coefficient (Wildman–Crippen LogP) is 6.84. The third-order valence-corrected chi connectivity index (χ3v) is 5.32. The fourth-order valence-electron chi connectivity index (χ4n) is 2.90. The van der Waals surface area contributed by atoms with E-state index in [2.05, 4.69) is 27.0 Å². The number of hydrogen-bond acceptors (Lipinski definition) is 1. The molecule has 126 valence electrons. The first-order chi connectivity index (χ1) is 11.5. The van der Waals surface area contributed by atoms with Gasteiger partial charge in [0, 0.05) is 20.4 Å². The number of hydrogen-bond donors (Lipinski definition) is 2. The number of aryl methyl sites for hydroxylation is 1. The van der Waals surface area contributed by atoms with Crippen molar-refractivity contribution in [2.75, 3.05) is 6.54 Å². The molecule has 24 heavy (non-hydrogen) atoms. The summed E-state index contributed by atoms with van der Waals surface area (Å²) < 4.78 is 0.952. The van der Waals surface area contributed by atoms with Crippen LogP contribution in [0.4, 0.5) is 0 Å². The van der Waals surface area contributed by atoms with Crippen LogP contribution in [0.25, 0.3) is 22.2 Å².